The van der Waals surface area contributed by atoms with Gasteiger partial charge in [0.1, 0.15) is 11.1 Å². The first-order valence-corrected chi connectivity index (χ1v) is 7.62. The second-order valence-electron chi connectivity index (χ2n) is 5.65. The number of primary amides is 1. The van der Waals surface area contributed by atoms with Crippen molar-refractivity contribution in [2.24, 2.45) is 10.8 Å². The molecule has 1 fully saturated rings. The van der Waals surface area contributed by atoms with E-state index in [1.54, 1.807) is 30.3 Å². The van der Waals surface area contributed by atoms with Crippen molar-refractivity contribution < 1.29 is 18.5 Å². The summed E-state index contributed by atoms with van der Waals surface area (Å²) in [6.45, 7) is 0. The number of para-hydroxylation sites is 1. The molecule has 3 N–H and O–H groups in total. The first-order chi connectivity index (χ1) is 12.1. The molecule has 2 heterocycles. The summed E-state index contributed by atoms with van der Waals surface area (Å²) >= 11 is 0. The summed E-state index contributed by atoms with van der Waals surface area (Å²) in [7, 11) is 0. The average Bonchev–Trinajstić information content (AvgIpc) is 3.35. The van der Waals surface area contributed by atoms with E-state index >= 15 is 0 Å². The fourth-order valence-corrected chi connectivity index (χ4v) is 2.31. The van der Waals surface area contributed by atoms with E-state index in [0.29, 0.717) is 16.8 Å². The van der Waals surface area contributed by atoms with E-state index in [2.05, 4.69) is 20.7 Å². The van der Waals surface area contributed by atoms with Gasteiger partial charge in [0.15, 0.2) is 5.82 Å². The van der Waals surface area contributed by atoms with Crippen molar-refractivity contribution in [3.63, 3.8) is 0 Å². The lowest BCUT2D eigenvalue weighted by atomic mass is 10.2. The van der Waals surface area contributed by atoms with Crippen molar-refractivity contribution in [1.82, 2.24) is 15.6 Å². The third-order valence-corrected chi connectivity index (χ3v) is 3.76. The van der Waals surface area contributed by atoms with Crippen LogP contribution in [0.4, 0.5) is 0 Å². The molecule has 0 unspecified atom stereocenters. The van der Waals surface area contributed by atoms with Gasteiger partial charge in [0, 0.05) is 11.3 Å². The Bertz CT molecular complexity index is 1050. The van der Waals surface area contributed by atoms with Crippen LogP contribution in [0.15, 0.2) is 44.4 Å². The average molecular weight is 339 g/mol. The lowest BCUT2D eigenvalue weighted by Crippen LogP contribution is -2.27. The highest BCUT2D eigenvalue weighted by Gasteiger charge is 2.30. The fourth-order valence-electron chi connectivity index (χ4n) is 2.31. The van der Waals surface area contributed by atoms with Gasteiger partial charge in [-0.25, -0.2) is 5.43 Å². The number of hydrogen-bond donors (Lipinski definition) is 2. The van der Waals surface area contributed by atoms with Crippen LogP contribution in [-0.2, 0) is 0 Å². The van der Waals surface area contributed by atoms with Crippen LogP contribution in [0.25, 0.3) is 11.0 Å². The van der Waals surface area contributed by atoms with Crippen LogP contribution in [0.1, 0.15) is 45.6 Å². The third kappa shape index (κ3) is 2.99. The minimum Gasteiger partial charge on any atom is -0.436 e. The zero-order chi connectivity index (χ0) is 17.4. The van der Waals surface area contributed by atoms with Gasteiger partial charge in [0.05, 0.1) is 0 Å². The van der Waals surface area contributed by atoms with Crippen molar-refractivity contribution >= 4 is 22.8 Å². The molecule has 0 bridgehead atoms. The number of benzene rings is 1. The Hall–Kier alpha value is -3.49. The molecule has 2 aromatic heterocycles. The molecule has 4 rings (SSSR count). The highest BCUT2D eigenvalue weighted by Crippen LogP contribution is 2.38. The summed E-state index contributed by atoms with van der Waals surface area (Å²) in [6, 6.07) is 8.60. The molecule has 1 aliphatic rings. The molecule has 9 heteroatoms. The number of nitrogens with two attached hydrogens (primary N) is 1. The maximum absolute atomic E-state index is 12.1. The van der Waals surface area contributed by atoms with Crippen LogP contribution in [0.2, 0.25) is 0 Å². The molecule has 0 saturated heterocycles. The highest BCUT2D eigenvalue weighted by atomic mass is 16.5. The predicted molar refractivity (Wildman–Crippen MR) is 84.0 cm³/mol. The van der Waals surface area contributed by atoms with Gasteiger partial charge in [-0.3, -0.25) is 9.59 Å². The highest BCUT2D eigenvalue weighted by molar-refractivity contribution is 5.95. The van der Waals surface area contributed by atoms with Crippen LogP contribution in [0, 0.1) is 0 Å². The van der Waals surface area contributed by atoms with Gasteiger partial charge in [0.25, 0.3) is 5.91 Å². The molecule has 0 atom stereocenters. The van der Waals surface area contributed by atoms with E-state index < -0.39 is 11.8 Å². The molecule has 9 nitrogen and oxygen atoms in total. The minimum absolute atomic E-state index is 0.0446. The van der Waals surface area contributed by atoms with Crippen LogP contribution in [0.5, 0.6) is 0 Å². The second kappa shape index (κ2) is 5.86. The van der Waals surface area contributed by atoms with E-state index in [4.69, 9.17) is 14.7 Å². The van der Waals surface area contributed by atoms with Crippen molar-refractivity contribution in [2.45, 2.75) is 18.8 Å². The fraction of sp³-hybridized carbons (Fsp3) is 0.188. The van der Waals surface area contributed by atoms with E-state index in [1.807, 2.05) is 0 Å². The predicted octanol–water partition coefficient (Wildman–Crippen LogP) is 1.04. The molecule has 1 saturated carbocycles. The smallest absolute Gasteiger partial charge is 0.329 e. The molecule has 3 aromatic rings. The van der Waals surface area contributed by atoms with Gasteiger partial charge < -0.3 is 14.7 Å². The summed E-state index contributed by atoms with van der Waals surface area (Å²) < 4.78 is 10.5. The lowest BCUT2D eigenvalue weighted by molar-refractivity contribution is 0.0905. The number of carbonyl (C=O) groups is 2. The molecule has 2 amide bonds. The number of rotatable bonds is 4. The van der Waals surface area contributed by atoms with Gasteiger partial charge in [-0.15, -0.1) is 5.10 Å². The molecule has 25 heavy (non-hydrogen) atoms. The van der Waals surface area contributed by atoms with E-state index in [-0.39, 0.29) is 22.9 Å². The Labute approximate surface area is 140 Å². The topological polar surface area (TPSA) is 137 Å². The number of nitrogens with zero attached hydrogens (tertiary/aromatic N) is 3. The van der Waals surface area contributed by atoms with Gasteiger partial charge in [0.2, 0.25) is 5.55 Å². The number of carbonyl (C=O) groups excluding carboxylic acids is 2. The Kier molecular flexibility index (Phi) is 3.53. The maximum atomic E-state index is 12.1. The van der Waals surface area contributed by atoms with Crippen molar-refractivity contribution in [3.05, 3.63) is 53.2 Å². The molecule has 126 valence electrons. The summed E-state index contributed by atoms with van der Waals surface area (Å²) in [6.07, 6.45) is 1.98. The van der Waals surface area contributed by atoms with Crippen LogP contribution >= 0.6 is 0 Å². The van der Waals surface area contributed by atoms with Crippen LogP contribution in [-0.4, -0.2) is 22.0 Å². The number of amides is 2. The van der Waals surface area contributed by atoms with Crippen molar-refractivity contribution in [1.29, 1.82) is 0 Å². The first kappa shape index (κ1) is 15.1. The largest absolute Gasteiger partial charge is 0.436 e. The SMILES string of the molecule is NC(=O)c1cc2ccccc2o/c1=N\NC(=O)c1nc(C2CC2)no1. The Balaban J connectivity index is 1.66. The van der Waals surface area contributed by atoms with Crippen LogP contribution < -0.4 is 16.7 Å². The summed E-state index contributed by atoms with van der Waals surface area (Å²) in [5.41, 5.74) is 8.02. The minimum atomic E-state index is -0.726. The zero-order valence-corrected chi connectivity index (χ0v) is 12.9. The molecular weight excluding hydrogens is 326 g/mol. The van der Waals surface area contributed by atoms with Gasteiger partial charge >= 0.3 is 11.8 Å². The summed E-state index contributed by atoms with van der Waals surface area (Å²) in [5, 5.41) is 8.27. The zero-order valence-electron chi connectivity index (χ0n) is 12.9. The number of aromatic nitrogens is 2. The first-order valence-electron chi connectivity index (χ1n) is 7.62. The molecule has 1 aliphatic carbocycles. The number of fused-ring (bicyclic) bond motifs is 1. The Morgan fingerprint density at radius 1 is 1.28 bits per heavy atom. The molecular formula is C16H13N5O4. The van der Waals surface area contributed by atoms with Crippen molar-refractivity contribution in [2.75, 3.05) is 0 Å². The lowest BCUT2D eigenvalue weighted by Gasteiger charge is -2.01. The maximum Gasteiger partial charge on any atom is 0.329 e. The standard InChI is InChI=1S/C16H13N5O4/c17-12(22)10-7-9-3-1-2-4-11(9)24-15(10)20-19-14(23)16-18-13(21-25-16)8-5-6-8/h1-4,7-8H,5-6H2,(H2,17,22)(H,19,23)/b20-15-. The molecule has 0 aliphatic heterocycles. The number of hydrogen-bond acceptors (Lipinski definition) is 7. The summed E-state index contributed by atoms with van der Waals surface area (Å²) in [5.74, 6) is -0.848. The summed E-state index contributed by atoms with van der Waals surface area (Å²) in [4.78, 5) is 27.7. The molecule has 1 aromatic carbocycles. The Morgan fingerprint density at radius 2 is 2.08 bits per heavy atom. The molecule has 0 radical (unpaired) electrons. The van der Waals surface area contributed by atoms with Gasteiger partial charge in [-0.05, 0) is 25.0 Å². The Morgan fingerprint density at radius 3 is 2.84 bits per heavy atom. The van der Waals surface area contributed by atoms with Gasteiger partial charge in [-0.1, -0.05) is 23.4 Å². The van der Waals surface area contributed by atoms with E-state index in [9.17, 15) is 9.59 Å². The van der Waals surface area contributed by atoms with Crippen molar-refractivity contribution in [3.8, 4) is 0 Å². The third-order valence-electron chi connectivity index (χ3n) is 3.76. The second-order valence-corrected chi connectivity index (χ2v) is 5.65. The van der Waals surface area contributed by atoms with E-state index in [1.165, 1.54) is 0 Å². The van der Waals surface area contributed by atoms with Crippen LogP contribution in [0.3, 0.4) is 0 Å². The monoisotopic (exact) mass is 339 g/mol. The van der Waals surface area contributed by atoms with Gasteiger partial charge in [-0.2, -0.15) is 4.98 Å². The molecule has 0 spiro atoms. The normalized spacial score (nSPS) is 14.6. The quantitative estimate of drug-likeness (QED) is 0.681. The number of nitrogens with one attached hydrogen (secondary N) is 1. The van der Waals surface area contributed by atoms with E-state index in [0.717, 1.165) is 12.8 Å².